The summed E-state index contributed by atoms with van der Waals surface area (Å²) in [5.74, 6) is 1.12. The van der Waals surface area contributed by atoms with E-state index in [2.05, 4.69) is 9.97 Å². The number of nitrogens with zero attached hydrogens (tertiary/aromatic N) is 3. The molecular formula is C18H23N3O3S. The highest BCUT2D eigenvalue weighted by Gasteiger charge is 2.31. The van der Waals surface area contributed by atoms with E-state index in [1.165, 1.54) is 4.31 Å². The predicted octanol–water partition coefficient (Wildman–Crippen LogP) is 2.63. The van der Waals surface area contributed by atoms with Crippen molar-refractivity contribution >= 4 is 10.0 Å². The van der Waals surface area contributed by atoms with Gasteiger partial charge in [0.05, 0.1) is 11.4 Å². The van der Waals surface area contributed by atoms with Crippen LogP contribution in [0.15, 0.2) is 35.4 Å². The van der Waals surface area contributed by atoms with Crippen LogP contribution in [0, 0.1) is 20.8 Å². The van der Waals surface area contributed by atoms with Crippen LogP contribution in [0.2, 0.25) is 0 Å². The summed E-state index contributed by atoms with van der Waals surface area (Å²) >= 11 is 0. The van der Waals surface area contributed by atoms with Gasteiger partial charge in [-0.15, -0.1) is 0 Å². The molecular weight excluding hydrogens is 338 g/mol. The molecule has 1 aliphatic heterocycles. The van der Waals surface area contributed by atoms with E-state index in [9.17, 15) is 8.42 Å². The number of sulfonamides is 1. The normalized spacial score (nSPS) is 18.9. The third-order valence-electron chi connectivity index (χ3n) is 4.49. The number of benzene rings is 1. The van der Waals surface area contributed by atoms with Crippen molar-refractivity contribution in [3.05, 3.63) is 47.4 Å². The number of piperidine rings is 1. The summed E-state index contributed by atoms with van der Waals surface area (Å²) in [7, 11) is -3.51. The van der Waals surface area contributed by atoms with Crippen molar-refractivity contribution in [1.82, 2.24) is 14.3 Å². The lowest BCUT2D eigenvalue weighted by molar-refractivity contribution is 0.124. The minimum atomic E-state index is -3.51. The molecule has 3 rings (SSSR count). The second kappa shape index (κ2) is 7.09. The van der Waals surface area contributed by atoms with Gasteiger partial charge in [0.1, 0.15) is 11.9 Å². The SMILES string of the molecule is Cc1nccc(OC2CCCN(S(=O)(=O)c3ccc(C)c(C)c3)C2)n1. The summed E-state index contributed by atoms with van der Waals surface area (Å²) in [6, 6.07) is 6.96. The van der Waals surface area contributed by atoms with Crippen LogP contribution in [0.4, 0.5) is 0 Å². The molecule has 134 valence electrons. The maximum Gasteiger partial charge on any atom is 0.243 e. The second-order valence-corrected chi connectivity index (χ2v) is 8.37. The predicted molar refractivity (Wildman–Crippen MR) is 95.1 cm³/mol. The maximum absolute atomic E-state index is 12.9. The van der Waals surface area contributed by atoms with Crippen LogP contribution >= 0.6 is 0 Å². The van der Waals surface area contributed by atoms with Gasteiger partial charge in [-0.2, -0.15) is 9.29 Å². The number of hydrogen-bond donors (Lipinski definition) is 0. The summed E-state index contributed by atoms with van der Waals surface area (Å²) in [5.41, 5.74) is 2.06. The van der Waals surface area contributed by atoms with Gasteiger partial charge in [0, 0.05) is 18.8 Å². The summed E-state index contributed by atoms with van der Waals surface area (Å²) in [6.45, 7) is 6.54. The van der Waals surface area contributed by atoms with Gasteiger partial charge >= 0.3 is 0 Å². The van der Waals surface area contributed by atoms with Crippen molar-refractivity contribution in [1.29, 1.82) is 0 Å². The molecule has 0 saturated carbocycles. The summed E-state index contributed by atoms with van der Waals surface area (Å²) in [6.07, 6.45) is 3.01. The number of hydrogen-bond acceptors (Lipinski definition) is 5. The largest absolute Gasteiger partial charge is 0.473 e. The summed E-state index contributed by atoms with van der Waals surface area (Å²) < 4.78 is 33.3. The fourth-order valence-corrected chi connectivity index (χ4v) is 4.51. The lowest BCUT2D eigenvalue weighted by Crippen LogP contribution is -2.44. The van der Waals surface area contributed by atoms with Crippen LogP contribution in [-0.4, -0.2) is 41.9 Å². The smallest absolute Gasteiger partial charge is 0.243 e. The van der Waals surface area contributed by atoms with Gasteiger partial charge in [-0.3, -0.25) is 0 Å². The highest BCUT2D eigenvalue weighted by atomic mass is 32.2. The van der Waals surface area contributed by atoms with Crippen LogP contribution < -0.4 is 4.74 Å². The van der Waals surface area contributed by atoms with Gasteiger partial charge in [-0.05, 0) is 56.9 Å². The van der Waals surface area contributed by atoms with E-state index in [4.69, 9.17) is 4.74 Å². The van der Waals surface area contributed by atoms with Crippen molar-refractivity contribution < 1.29 is 13.2 Å². The van der Waals surface area contributed by atoms with E-state index in [0.717, 1.165) is 24.0 Å². The second-order valence-electron chi connectivity index (χ2n) is 6.43. The Morgan fingerprint density at radius 2 is 1.96 bits per heavy atom. The minimum Gasteiger partial charge on any atom is -0.473 e. The zero-order valence-electron chi connectivity index (χ0n) is 14.8. The van der Waals surface area contributed by atoms with Crippen molar-refractivity contribution in [3.8, 4) is 5.88 Å². The molecule has 0 amide bonds. The monoisotopic (exact) mass is 361 g/mol. The zero-order chi connectivity index (χ0) is 18.0. The first-order chi connectivity index (χ1) is 11.9. The highest BCUT2D eigenvalue weighted by molar-refractivity contribution is 7.89. The molecule has 0 aliphatic carbocycles. The van der Waals surface area contributed by atoms with E-state index in [1.54, 1.807) is 31.3 Å². The Morgan fingerprint density at radius 1 is 1.16 bits per heavy atom. The maximum atomic E-state index is 12.9. The van der Waals surface area contributed by atoms with Crippen molar-refractivity contribution in [3.63, 3.8) is 0 Å². The molecule has 1 aromatic carbocycles. The summed E-state index contributed by atoms with van der Waals surface area (Å²) in [5, 5.41) is 0. The van der Waals surface area contributed by atoms with Gasteiger partial charge in [-0.25, -0.2) is 13.4 Å². The molecule has 1 saturated heterocycles. The number of aryl methyl sites for hydroxylation is 3. The molecule has 2 aromatic rings. The van der Waals surface area contributed by atoms with Crippen LogP contribution in [0.1, 0.15) is 29.8 Å². The molecule has 1 fully saturated rings. The van der Waals surface area contributed by atoms with Crippen LogP contribution in [0.25, 0.3) is 0 Å². The summed E-state index contributed by atoms with van der Waals surface area (Å²) in [4.78, 5) is 8.62. The first kappa shape index (κ1) is 17.8. The molecule has 1 aliphatic rings. The topological polar surface area (TPSA) is 72.4 Å². The van der Waals surface area contributed by atoms with Crippen molar-refractivity contribution in [2.75, 3.05) is 13.1 Å². The average molecular weight is 361 g/mol. The van der Waals surface area contributed by atoms with E-state index < -0.39 is 10.0 Å². The lowest BCUT2D eigenvalue weighted by atomic mass is 10.1. The fourth-order valence-electron chi connectivity index (χ4n) is 2.91. The lowest BCUT2D eigenvalue weighted by Gasteiger charge is -2.32. The van der Waals surface area contributed by atoms with Crippen molar-refractivity contribution in [2.24, 2.45) is 0 Å². The molecule has 1 unspecified atom stereocenters. The zero-order valence-corrected chi connectivity index (χ0v) is 15.6. The molecule has 6 nitrogen and oxygen atoms in total. The first-order valence-corrected chi connectivity index (χ1v) is 9.84. The highest BCUT2D eigenvalue weighted by Crippen LogP contribution is 2.24. The number of rotatable bonds is 4. The molecule has 7 heteroatoms. The Hall–Kier alpha value is -1.99. The minimum absolute atomic E-state index is 0.204. The molecule has 0 spiro atoms. The molecule has 25 heavy (non-hydrogen) atoms. The van der Waals surface area contributed by atoms with Gasteiger partial charge in [0.2, 0.25) is 15.9 Å². The Morgan fingerprint density at radius 3 is 2.68 bits per heavy atom. The Balaban J connectivity index is 1.76. The standard InChI is InChI=1S/C18H23N3O3S/c1-13-6-7-17(11-14(13)2)25(22,23)21-10-4-5-16(12-21)24-18-8-9-19-15(3)20-18/h6-9,11,16H,4-5,10,12H2,1-3H3. The van der Waals surface area contributed by atoms with Crippen molar-refractivity contribution in [2.45, 2.75) is 44.6 Å². The molecule has 0 N–H and O–H groups in total. The van der Waals surface area contributed by atoms with E-state index in [0.29, 0.717) is 29.7 Å². The fraction of sp³-hybridized carbons (Fsp3) is 0.444. The Kier molecular flexibility index (Phi) is 5.06. The average Bonchev–Trinajstić information content (AvgIpc) is 2.57. The van der Waals surface area contributed by atoms with Crippen LogP contribution in [0.5, 0.6) is 5.88 Å². The van der Waals surface area contributed by atoms with Crippen LogP contribution in [-0.2, 0) is 10.0 Å². The van der Waals surface area contributed by atoms with E-state index in [1.807, 2.05) is 19.9 Å². The van der Waals surface area contributed by atoms with Gasteiger partial charge in [-0.1, -0.05) is 6.07 Å². The molecule has 1 atom stereocenters. The quantitative estimate of drug-likeness (QED) is 0.837. The molecule has 1 aromatic heterocycles. The molecule has 0 radical (unpaired) electrons. The number of ether oxygens (including phenoxy) is 1. The van der Waals surface area contributed by atoms with Gasteiger partial charge < -0.3 is 4.74 Å². The van der Waals surface area contributed by atoms with E-state index in [-0.39, 0.29) is 6.10 Å². The molecule has 2 heterocycles. The number of aromatic nitrogens is 2. The Bertz CT molecular complexity index is 868. The third kappa shape index (κ3) is 3.99. The first-order valence-electron chi connectivity index (χ1n) is 8.40. The Labute approximate surface area is 148 Å². The third-order valence-corrected chi connectivity index (χ3v) is 6.36. The van der Waals surface area contributed by atoms with Gasteiger partial charge in [0.15, 0.2) is 0 Å². The van der Waals surface area contributed by atoms with Gasteiger partial charge in [0.25, 0.3) is 0 Å². The van der Waals surface area contributed by atoms with E-state index >= 15 is 0 Å². The van der Waals surface area contributed by atoms with Crippen LogP contribution in [0.3, 0.4) is 0 Å². The molecule has 0 bridgehead atoms.